The van der Waals surface area contributed by atoms with E-state index in [2.05, 4.69) is 5.32 Å². The lowest BCUT2D eigenvalue weighted by molar-refractivity contribution is -0.139. The Morgan fingerprint density at radius 2 is 2.09 bits per heavy atom. The van der Waals surface area contributed by atoms with Crippen LogP contribution in [-0.2, 0) is 4.79 Å². The van der Waals surface area contributed by atoms with E-state index in [1.165, 1.54) is 0 Å². The van der Waals surface area contributed by atoms with Gasteiger partial charge in [0.15, 0.2) is 0 Å². The molecule has 0 radical (unpaired) electrons. The second-order valence-electron chi connectivity index (χ2n) is 2.29. The highest BCUT2D eigenvalue weighted by Crippen LogP contribution is 2.03. The molecule has 0 aromatic heterocycles. The van der Waals surface area contributed by atoms with Crippen LogP contribution in [0.5, 0.6) is 0 Å². The number of hydrogen-bond donors (Lipinski definition) is 3. The van der Waals surface area contributed by atoms with Gasteiger partial charge in [0, 0.05) is 12.6 Å². The molecule has 1 rings (SSSR count). The van der Waals surface area contributed by atoms with Gasteiger partial charge in [-0.05, 0) is 6.42 Å². The minimum absolute atomic E-state index is 0. The van der Waals surface area contributed by atoms with Gasteiger partial charge < -0.3 is 16.2 Å². The number of hydrogen-bond acceptors (Lipinski definition) is 3. The Morgan fingerprint density at radius 1 is 1.55 bits per heavy atom. The predicted octanol–water partition coefficient (Wildman–Crippen LogP) is -0.396. The van der Waals surface area contributed by atoms with Crippen molar-refractivity contribution >= 4 is 30.8 Å². The fourth-order valence-corrected chi connectivity index (χ4v) is 0.951. The maximum atomic E-state index is 10.2. The summed E-state index contributed by atoms with van der Waals surface area (Å²) in [6.45, 7) is 0.622. The molecule has 0 amide bonds. The molecule has 1 aliphatic rings. The Hall–Kier alpha value is -0.0300. The van der Waals surface area contributed by atoms with Gasteiger partial charge >= 0.3 is 5.97 Å². The molecule has 1 fully saturated rings. The van der Waals surface area contributed by atoms with Gasteiger partial charge in [-0.1, -0.05) is 0 Å². The van der Waals surface area contributed by atoms with Crippen LogP contribution in [0.2, 0.25) is 0 Å². The summed E-state index contributed by atoms with van der Waals surface area (Å²) in [6.07, 6.45) is 0.551. The van der Waals surface area contributed by atoms with E-state index in [9.17, 15) is 4.79 Å². The number of nitrogens with two attached hydrogens (primary N) is 1. The van der Waals surface area contributed by atoms with Crippen molar-refractivity contribution < 1.29 is 9.90 Å². The summed E-state index contributed by atoms with van der Waals surface area (Å²) in [6, 6.07) is -0.397. The van der Waals surface area contributed by atoms with E-state index in [1.54, 1.807) is 0 Å². The first kappa shape index (κ1) is 13.6. The molecule has 0 saturated carbocycles. The van der Waals surface area contributed by atoms with Crippen molar-refractivity contribution in [2.75, 3.05) is 6.54 Å². The van der Waals surface area contributed by atoms with Gasteiger partial charge in [0.05, 0.1) is 0 Å². The van der Waals surface area contributed by atoms with E-state index in [0.29, 0.717) is 13.0 Å². The summed E-state index contributed by atoms with van der Waals surface area (Å²) in [7, 11) is 0. The summed E-state index contributed by atoms with van der Waals surface area (Å²) >= 11 is 0. The van der Waals surface area contributed by atoms with E-state index in [4.69, 9.17) is 10.8 Å². The molecule has 0 aromatic rings. The molecule has 68 valence electrons. The lowest BCUT2D eigenvalue weighted by atomic mass is 10.2. The zero-order chi connectivity index (χ0) is 6.85. The van der Waals surface area contributed by atoms with E-state index >= 15 is 0 Å². The maximum Gasteiger partial charge on any atom is 0.320 e. The quantitative estimate of drug-likeness (QED) is 0.542. The summed E-state index contributed by atoms with van der Waals surface area (Å²) in [5.74, 6) is -0.803. The topological polar surface area (TPSA) is 75.3 Å². The van der Waals surface area contributed by atoms with Crippen molar-refractivity contribution in [1.82, 2.24) is 5.32 Å². The van der Waals surface area contributed by atoms with Crippen LogP contribution in [0.15, 0.2) is 0 Å². The largest absolute Gasteiger partial charge is 0.480 e. The molecule has 0 unspecified atom stereocenters. The SMILES string of the molecule is Cl.Cl.N[C@H]1CN[C@@H](C(=O)O)C1. The van der Waals surface area contributed by atoms with Gasteiger partial charge in [-0.25, -0.2) is 0 Å². The Morgan fingerprint density at radius 3 is 2.27 bits per heavy atom. The van der Waals surface area contributed by atoms with Crippen LogP contribution < -0.4 is 11.1 Å². The fraction of sp³-hybridized carbons (Fsp3) is 0.800. The fourth-order valence-electron chi connectivity index (χ4n) is 0.951. The number of carboxylic acid groups (broad SMARTS) is 1. The molecule has 1 saturated heterocycles. The molecule has 11 heavy (non-hydrogen) atoms. The Bertz CT molecular complexity index is 134. The van der Waals surface area contributed by atoms with E-state index in [1.807, 2.05) is 0 Å². The normalized spacial score (nSPS) is 28.5. The molecule has 0 spiro atoms. The molecule has 1 heterocycles. The minimum atomic E-state index is -0.803. The Balaban J connectivity index is 0. The monoisotopic (exact) mass is 202 g/mol. The van der Waals surface area contributed by atoms with Gasteiger partial charge in [-0.15, -0.1) is 24.8 Å². The number of rotatable bonds is 1. The first-order valence-electron chi connectivity index (χ1n) is 2.92. The van der Waals surface area contributed by atoms with Crippen LogP contribution in [0.1, 0.15) is 6.42 Å². The van der Waals surface area contributed by atoms with Crippen LogP contribution >= 0.6 is 24.8 Å². The van der Waals surface area contributed by atoms with Crippen LogP contribution in [0.25, 0.3) is 0 Å². The lowest BCUT2D eigenvalue weighted by Gasteiger charge is -2.00. The number of carboxylic acids is 1. The zero-order valence-electron chi connectivity index (χ0n) is 5.82. The maximum absolute atomic E-state index is 10.2. The van der Waals surface area contributed by atoms with Gasteiger partial charge in [0.25, 0.3) is 0 Å². The molecular weight excluding hydrogens is 191 g/mol. The molecule has 0 aromatic carbocycles. The van der Waals surface area contributed by atoms with Gasteiger partial charge in [-0.3, -0.25) is 4.79 Å². The summed E-state index contributed by atoms with van der Waals surface area (Å²) in [4.78, 5) is 10.2. The second-order valence-corrected chi connectivity index (χ2v) is 2.29. The molecular formula is C5H12Cl2N2O2. The highest BCUT2D eigenvalue weighted by Gasteiger charge is 2.26. The summed E-state index contributed by atoms with van der Waals surface area (Å²) < 4.78 is 0. The molecule has 0 bridgehead atoms. The van der Waals surface area contributed by atoms with Crippen molar-refractivity contribution in [2.24, 2.45) is 5.73 Å². The van der Waals surface area contributed by atoms with E-state index in [-0.39, 0.29) is 30.9 Å². The van der Waals surface area contributed by atoms with Crippen molar-refractivity contribution in [2.45, 2.75) is 18.5 Å². The van der Waals surface area contributed by atoms with Gasteiger partial charge in [0.1, 0.15) is 6.04 Å². The van der Waals surface area contributed by atoms with Crippen molar-refractivity contribution in [1.29, 1.82) is 0 Å². The van der Waals surface area contributed by atoms with Crippen LogP contribution in [0, 0.1) is 0 Å². The molecule has 4 N–H and O–H groups in total. The number of halogens is 2. The standard InChI is InChI=1S/C5H10N2O2.2ClH/c6-3-1-4(5(8)9)7-2-3;;/h3-4,7H,1-2,6H2,(H,8,9);2*1H/t3-,4-;;/m1../s1. The third-order valence-electron chi connectivity index (χ3n) is 1.46. The minimum Gasteiger partial charge on any atom is -0.480 e. The second kappa shape index (κ2) is 5.60. The van der Waals surface area contributed by atoms with Crippen molar-refractivity contribution in [3.8, 4) is 0 Å². The van der Waals surface area contributed by atoms with E-state index < -0.39 is 12.0 Å². The van der Waals surface area contributed by atoms with Crippen LogP contribution in [0.3, 0.4) is 0 Å². The number of carbonyl (C=O) groups is 1. The highest BCUT2D eigenvalue weighted by molar-refractivity contribution is 5.85. The van der Waals surface area contributed by atoms with Gasteiger partial charge in [-0.2, -0.15) is 0 Å². The molecule has 2 atom stereocenters. The zero-order valence-corrected chi connectivity index (χ0v) is 7.45. The van der Waals surface area contributed by atoms with Gasteiger partial charge in [0.2, 0.25) is 0 Å². The first-order chi connectivity index (χ1) is 4.20. The molecule has 1 aliphatic heterocycles. The predicted molar refractivity (Wildman–Crippen MR) is 46.5 cm³/mol. The van der Waals surface area contributed by atoms with Crippen LogP contribution in [0.4, 0.5) is 0 Å². The average Bonchev–Trinajstić information content (AvgIpc) is 2.14. The molecule has 0 aliphatic carbocycles. The lowest BCUT2D eigenvalue weighted by Crippen LogP contribution is -2.30. The summed E-state index contributed by atoms with van der Waals surface area (Å²) in [5, 5.41) is 11.2. The van der Waals surface area contributed by atoms with Crippen LogP contribution in [-0.4, -0.2) is 29.7 Å². The highest BCUT2D eigenvalue weighted by atomic mass is 35.5. The Kier molecular flexibility index (Phi) is 6.90. The first-order valence-corrected chi connectivity index (χ1v) is 2.92. The number of aliphatic carboxylic acids is 1. The smallest absolute Gasteiger partial charge is 0.320 e. The average molecular weight is 203 g/mol. The van der Waals surface area contributed by atoms with Crippen molar-refractivity contribution in [3.05, 3.63) is 0 Å². The Labute approximate surface area is 77.3 Å². The summed E-state index contributed by atoms with van der Waals surface area (Å²) in [5.41, 5.74) is 5.44. The molecule has 4 nitrogen and oxygen atoms in total. The third-order valence-corrected chi connectivity index (χ3v) is 1.46. The van der Waals surface area contributed by atoms with Crippen molar-refractivity contribution in [3.63, 3.8) is 0 Å². The molecule has 6 heteroatoms. The third kappa shape index (κ3) is 3.76. The van der Waals surface area contributed by atoms with E-state index in [0.717, 1.165) is 0 Å². The number of nitrogens with one attached hydrogen (secondary N) is 1.